The molecule has 0 spiro atoms. The van der Waals surface area contributed by atoms with Crippen molar-refractivity contribution in [2.45, 2.75) is 51.6 Å². The van der Waals surface area contributed by atoms with E-state index in [-0.39, 0.29) is 24.0 Å². The molecule has 0 radical (unpaired) electrons. The average Bonchev–Trinajstić information content (AvgIpc) is 2.48. The standard InChI is InChI=1S/C16H25N3O.HI/c1-2-17-16(19-14-6-4-3-5-7-14)18-12-13-8-10-15(20)11-9-13;/h8-11,14,20H,2-7,12H2,1H3,(H2,17,18,19);1H. The van der Waals surface area contributed by atoms with Gasteiger partial charge in [-0.25, -0.2) is 4.99 Å². The largest absolute Gasteiger partial charge is 0.508 e. The average molecular weight is 403 g/mol. The van der Waals surface area contributed by atoms with Crippen LogP contribution in [0.1, 0.15) is 44.6 Å². The molecule has 0 heterocycles. The summed E-state index contributed by atoms with van der Waals surface area (Å²) in [6, 6.07) is 7.77. The minimum Gasteiger partial charge on any atom is -0.508 e. The molecule has 0 saturated heterocycles. The topological polar surface area (TPSA) is 56.7 Å². The van der Waals surface area contributed by atoms with Gasteiger partial charge in [0.15, 0.2) is 5.96 Å². The molecular formula is C16H26IN3O. The normalized spacial score (nSPS) is 16.1. The Morgan fingerprint density at radius 2 is 1.86 bits per heavy atom. The molecule has 0 aromatic heterocycles. The molecule has 0 bridgehead atoms. The maximum absolute atomic E-state index is 9.27. The summed E-state index contributed by atoms with van der Waals surface area (Å²) in [6.45, 7) is 3.58. The maximum Gasteiger partial charge on any atom is 0.191 e. The Hall–Kier alpha value is -0.980. The van der Waals surface area contributed by atoms with Gasteiger partial charge in [0.25, 0.3) is 0 Å². The van der Waals surface area contributed by atoms with Crippen molar-refractivity contribution in [2.24, 2.45) is 4.99 Å². The van der Waals surface area contributed by atoms with E-state index in [9.17, 15) is 5.11 Å². The van der Waals surface area contributed by atoms with Gasteiger partial charge in [-0.2, -0.15) is 0 Å². The molecule has 5 heteroatoms. The van der Waals surface area contributed by atoms with Crippen LogP contribution in [0.3, 0.4) is 0 Å². The van der Waals surface area contributed by atoms with E-state index >= 15 is 0 Å². The van der Waals surface area contributed by atoms with E-state index in [0.29, 0.717) is 18.3 Å². The zero-order chi connectivity index (χ0) is 14.2. The molecule has 3 N–H and O–H groups in total. The number of aromatic hydroxyl groups is 1. The number of phenols is 1. The maximum atomic E-state index is 9.27. The number of halogens is 1. The van der Waals surface area contributed by atoms with Crippen molar-refractivity contribution >= 4 is 29.9 Å². The molecule has 118 valence electrons. The van der Waals surface area contributed by atoms with Crippen molar-refractivity contribution < 1.29 is 5.11 Å². The lowest BCUT2D eigenvalue weighted by molar-refractivity contribution is 0.410. The lowest BCUT2D eigenvalue weighted by Gasteiger charge is -2.24. The first-order chi connectivity index (χ1) is 9.78. The quantitative estimate of drug-likeness (QED) is 0.410. The summed E-state index contributed by atoms with van der Waals surface area (Å²) >= 11 is 0. The molecule has 0 unspecified atom stereocenters. The van der Waals surface area contributed by atoms with Crippen LogP contribution in [0.15, 0.2) is 29.3 Å². The van der Waals surface area contributed by atoms with Gasteiger partial charge in [-0.15, -0.1) is 24.0 Å². The highest BCUT2D eigenvalue weighted by Crippen LogP contribution is 2.17. The molecular weight excluding hydrogens is 377 g/mol. The Morgan fingerprint density at radius 1 is 1.19 bits per heavy atom. The Bertz CT molecular complexity index is 428. The van der Waals surface area contributed by atoms with Crippen LogP contribution in [-0.4, -0.2) is 23.7 Å². The van der Waals surface area contributed by atoms with Gasteiger partial charge in [0.1, 0.15) is 5.75 Å². The van der Waals surface area contributed by atoms with E-state index in [0.717, 1.165) is 18.1 Å². The number of benzene rings is 1. The molecule has 1 fully saturated rings. The van der Waals surface area contributed by atoms with Crippen molar-refractivity contribution in [3.05, 3.63) is 29.8 Å². The van der Waals surface area contributed by atoms with E-state index in [1.807, 2.05) is 12.1 Å². The van der Waals surface area contributed by atoms with Crippen LogP contribution in [0, 0.1) is 0 Å². The van der Waals surface area contributed by atoms with Gasteiger partial charge in [0, 0.05) is 12.6 Å². The lowest BCUT2D eigenvalue weighted by Crippen LogP contribution is -2.44. The highest BCUT2D eigenvalue weighted by Gasteiger charge is 2.14. The molecule has 2 rings (SSSR count). The summed E-state index contributed by atoms with van der Waals surface area (Å²) in [5, 5.41) is 16.1. The third kappa shape index (κ3) is 6.54. The van der Waals surface area contributed by atoms with Gasteiger partial charge in [-0.05, 0) is 37.5 Å². The number of hydrogen-bond acceptors (Lipinski definition) is 2. The summed E-state index contributed by atoms with van der Waals surface area (Å²) in [6.07, 6.45) is 6.47. The monoisotopic (exact) mass is 403 g/mol. The van der Waals surface area contributed by atoms with Crippen LogP contribution in [0.25, 0.3) is 0 Å². The fourth-order valence-electron chi connectivity index (χ4n) is 2.53. The van der Waals surface area contributed by atoms with Crippen LogP contribution >= 0.6 is 24.0 Å². The minimum absolute atomic E-state index is 0. The van der Waals surface area contributed by atoms with Crippen LogP contribution in [0.4, 0.5) is 0 Å². The van der Waals surface area contributed by atoms with E-state index in [2.05, 4.69) is 22.5 Å². The number of aliphatic imine (C=N–C) groups is 1. The predicted octanol–water partition coefficient (Wildman–Crippen LogP) is 3.40. The van der Waals surface area contributed by atoms with Gasteiger partial charge in [0.2, 0.25) is 0 Å². The fourth-order valence-corrected chi connectivity index (χ4v) is 2.53. The summed E-state index contributed by atoms with van der Waals surface area (Å²) in [5.41, 5.74) is 1.10. The summed E-state index contributed by atoms with van der Waals surface area (Å²) in [7, 11) is 0. The SMILES string of the molecule is CCNC(=NCc1ccc(O)cc1)NC1CCCCC1.I. The van der Waals surface area contributed by atoms with E-state index in [4.69, 9.17) is 0 Å². The number of hydrogen-bond donors (Lipinski definition) is 3. The van der Waals surface area contributed by atoms with Crippen molar-refractivity contribution in [1.29, 1.82) is 0 Å². The van der Waals surface area contributed by atoms with Gasteiger partial charge in [0.05, 0.1) is 6.54 Å². The third-order valence-corrected chi connectivity index (χ3v) is 3.65. The van der Waals surface area contributed by atoms with Crippen LogP contribution in [0.5, 0.6) is 5.75 Å². The number of nitrogens with one attached hydrogen (secondary N) is 2. The van der Waals surface area contributed by atoms with Gasteiger partial charge in [-0.3, -0.25) is 0 Å². The number of rotatable bonds is 4. The Morgan fingerprint density at radius 3 is 2.48 bits per heavy atom. The predicted molar refractivity (Wildman–Crippen MR) is 98.3 cm³/mol. The molecule has 4 nitrogen and oxygen atoms in total. The second-order valence-corrected chi connectivity index (χ2v) is 5.34. The molecule has 1 aliphatic carbocycles. The van der Waals surface area contributed by atoms with Crippen molar-refractivity contribution in [2.75, 3.05) is 6.54 Å². The van der Waals surface area contributed by atoms with Crippen LogP contribution in [0.2, 0.25) is 0 Å². The van der Waals surface area contributed by atoms with Crippen molar-refractivity contribution in [3.63, 3.8) is 0 Å². The third-order valence-electron chi connectivity index (χ3n) is 3.65. The van der Waals surface area contributed by atoms with Gasteiger partial charge < -0.3 is 15.7 Å². The number of nitrogens with zero attached hydrogens (tertiary/aromatic N) is 1. The lowest BCUT2D eigenvalue weighted by atomic mass is 9.96. The minimum atomic E-state index is 0. The molecule has 0 aliphatic heterocycles. The smallest absolute Gasteiger partial charge is 0.191 e. The Balaban J connectivity index is 0.00000220. The number of phenolic OH excluding ortho intramolecular Hbond substituents is 1. The fraction of sp³-hybridized carbons (Fsp3) is 0.562. The van der Waals surface area contributed by atoms with Crippen LogP contribution in [-0.2, 0) is 6.54 Å². The summed E-state index contributed by atoms with van der Waals surface area (Å²) < 4.78 is 0. The zero-order valence-corrected chi connectivity index (χ0v) is 15.0. The second kappa shape index (κ2) is 9.87. The first-order valence-electron chi connectivity index (χ1n) is 7.60. The molecule has 1 aliphatic rings. The van der Waals surface area contributed by atoms with E-state index in [1.54, 1.807) is 12.1 Å². The van der Waals surface area contributed by atoms with Crippen molar-refractivity contribution in [1.82, 2.24) is 10.6 Å². The molecule has 1 aromatic carbocycles. The molecule has 0 atom stereocenters. The number of guanidine groups is 1. The van der Waals surface area contributed by atoms with Gasteiger partial charge >= 0.3 is 0 Å². The van der Waals surface area contributed by atoms with Crippen LogP contribution < -0.4 is 10.6 Å². The van der Waals surface area contributed by atoms with Gasteiger partial charge in [-0.1, -0.05) is 31.4 Å². The Kier molecular flexibility index (Phi) is 8.49. The Labute approximate surface area is 144 Å². The first-order valence-corrected chi connectivity index (χ1v) is 7.60. The summed E-state index contributed by atoms with van der Waals surface area (Å²) in [5.74, 6) is 1.19. The van der Waals surface area contributed by atoms with Crippen molar-refractivity contribution in [3.8, 4) is 5.75 Å². The molecule has 21 heavy (non-hydrogen) atoms. The molecule has 1 aromatic rings. The molecule has 0 amide bonds. The highest BCUT2D eigenvalue weighted by atomic mass is 127. The first kappa shape index (κ1) is 18.1. The van der Waals surface area contributed by atoms with E-state index < -0.39 is 0 Å². The zero-order valence-electron chi connectivity index (χ0n) is 12.6. The second-order valence-electron chi connectivity index (χ2n) is 5.34. The highest BCUT2D eigenvalue weighted by molar-refractivity contribution is 14.0. The molecule has 1 saturated carbocycles. The van der Waals surface area contributed by atoms with E-state index in [1.165, 1.54) is 32.1 Å². The summed E-state index contributed by atoms with van der Waals surface area (Å²) in [4.78, 5) is 4.62.